The predicted molar refractivity (Wildman–Crippen MR) is 75.7 cm³/mol. The highest BCUT2D eigenvalue weighted by Gasteiger charge is 2.30. The highest BCUT2D eigenvalue weighted by Crippen LogP contribution is 2.39. The van der Waals surface area contributed by atoms with Crippen molar-refractivity contribution in [3.63, 3.8) is 0 Å². The van der Waals surface area contributed by atoms with Crippen molar-refractivity contribution in [1.29, 1.82) is 0 Å². The molecule has 0 unspecified atom stereocenters. The monoisotopic (exact) mass is 262 g/mol. The van der Waals surface area contributed by atoms with Crippen LogP contribution in [0, 0.1) is 18.8 Å². The standard InChI is InChI=1S/C15H19ClN2/c1-10-7-12(8-18-15(10)16)13-4-2-3-11-5-6-17-9-14(11)13/h4,7-8,11,14,17H,2-3,5-6,9H2,1H3/t11-,14+/m0/s1. The molecule has 2 aliphatic rings. The van der Waals surface area contributed by atoms with Gasteiger partial charge in [-0.1, -0.05) is 17.7 Å². The first-order valence-electron chi connectivity index (χ1n) is 6.79. The third kappa shape index (κ3) is 2.19. The summed E-state index contributed by atoms with van der Waals surface area (Å²) in [5.74, 6) is 1.51. The van der Waals surface area contributed by atoms with E-state index < -0.39 is 0 Å². The molecule has 0 aromatic carbocycles. The van der Waals surface area contributed by atoms with E-state index in [1.54, 1.807) is 0 Å². The van der Waals surface area contributed by atoms with Crippen LogP contribution in [0.25, 0.3) is 5.57 Å². The Labute approximate surface area is 113 Å². The molecule has 2 heterocycles. The zero-order valence-corrected chi connectivity index (χ0v) is 11.5. The number of rotatable bonds is 1. The first-order chi connectivity index (χ1) is 8.75. The van der Waals surface area contributed by atoms with Crippen molar-refractivity contribution in [2.45, 2.75) is 26.2 Å². The van der Waals surface area contributed by atoms with E-state index in [9.17, 15) is 0 Å². The maximum Gasteiger partial charge on any atom is 0.131 e. The summed E-state index contributed by atoms with van der Waals surface area (Å²) in [5, 5.41) is 4.14. The number of allylic oxidation sites excluding steroid dienone is 1. The summed E-state index contributed by atoms with van der Waals surface area (Å²) in [6.07, 6.45) is 8.19. The number of hydrogen-bond acceptors (Lipinski definition) is 2. The molecule has 1 fully saturated rings. The van der Waals surface area contributed by atoms with Gasteiger partial charge in [0.15, 0.2) is 0 Å². The lowest BCUT2D eigenvalue weighted by molar-refractivity contribution is 0.285. The lowest BCUT2D eigenvalue weighted by Gasteiger charge is -2.37. The van der Waals surface area contributed by atoms with Gasteiger partial charge in [0.1, 0.15) is 5.15 Å². The van der Waals surface area contributed by atoms with Gasteiger partial charge in [-0.05, 0) is 67.3 Å². The topological polar surface area (TPSA) is 24.9 Å². The first kappa shape index (κ1) is 12.2. The summed E-state index contributed by atoms with van der Waals surface area (Å²) in [6, 6.07) is 2.18. The quantitative estimate of drug-likeness (QED) is 0.785. The average molecular weight is 263 g/mol. The highest BCUT2D eigenvalue weighted by molar-refractivity contribution is 6.30. The molecule has 0 amide bonds. The van der Waals surface area contributed by atoms with Crippen LogP contribution in [0.15, 0.2) is 18.3 Å². The lowest BCUT2D eigenvalue weighted by atomic mass is 9.73. The molecule has 1 aromatic rings. The van der Waals surface area contributed by atoms with Crippen molar-refractivity contribution in [3.8, 4) is 0 Å². The largest absolute Gasteiger partial charge is 0.316 e. The van der Waals surface area contributed by atoms with Crippen LogP contribution in [0.5, 0.6) is 0 Å². The van der Waals surface area contributed by atoms with Crippen molar-refractivity contribution in [3.05, 3.63) is 34.6 Å². The molecule has 96 valence electrons. The van der Waals surface area contributed by atoms with Crippen LogP contribution in [-0.4, -0.2) is 18.1 Å². The molecular formula is C15H19ClN2. The Hall–Kier alpha value is -0.860. The molecule has 18 heavy (non-hydrogen) atoms. The van der Waals surface area contributed by atoms with Gasteiger partial charge in [0.05, 0.1) is 0 Å². The molecule has 1 saturated heterocycles. The van der Waals surface area contributed by atoms with Gasteiger partial charge in [-0.25, -0.2) is 4.98 Å². The van der Waals surface area contributed by atoms with Gasteiger partial charge < -0.3 is 5.32 Å². The number of piperidine rings is 1. The molecule has 2 nitrogen and oxygen atoms in total. The third-order valence-corrected chi connectivity index (χ3v) is 4.67. The molecule has 1 N–H and O–H groups in total. The SMILES string of the molecule is Cc1cc(C2=CCC[C@H]3CCNC[C@@H]23)cnc1Cl. The molecule has 0 spiro atoms. The third-order valence-electron chi connectivity index (χ3n) is 4.27. The van der Waals surface area contributed by atoms with E-state index in [0.29, 0.717) is 11.1 Å². The van der Waals surface area contributed by atoms with E-state index in [2.05, 4.69) is 22.4 Å². The van der Waals surface area contributed by atoms with E-state index in [0.717, 1.165) is 18.0 Å². The Bertz CT molecular complexity index is 481. The first-order valence-corrected chi connectivity index (χ1v) is 7.17. The zero-order chi connectivity index (χ0) is 12.5. The van der Waals surface area contributed by atoms with Gasteiger partial charge in [-0.2, -0.15) is 0 Å². The molecule has 2 atom stereocenters. The fraction of sp³-hybridized carbons (Fsp3) is 0.533. The Morgan fingerprint density at radius 1 is 1.39 bits per heavy atom. The van der Waals surface area contributed by atoms with Gasteiger partial charge in [0.2, 0.25) is 0 Å². The number of nitrogens with one attached hydrogen (secondary N) is 1. The second-order valence-corrected chi connectivity index (χ2v) is 5.79. The summed E-state index contributed by atoms with van der Waals surface area (Å²) in [5.41, 5.74) is 3.81. The maximum absolute atomic E-state index is 6.01. The van der Waals surface area contributed by atoms with Crippen LogP contribution < -0.4 is 5.32 Å². The molecule has 1 aliphatic heterocycles. The Morgan fingerprint density at radius 2 is 2.28 bits per heavy atom. The molecule has 1 aliphatic carbocycles. The van der Waals surface area contributed by atoms with Crippen LogP contribution in [-0.2, 0) is 0 Å². The summed E-state index contributed by atoms with van der Waals surface area (Å²) >= 11 is 6.01. The molecule has 0 saturated carbocycles. The van der Waals surface area contributed by atoms with E-state index in [1.807, 2.05) is 13.1 Å². The van der Waals surface area contributed by atoms with Crippen LogP contribution >= 0.6 is 11.6 Å². The Kier molecular flexibility index (Phi) is 3.40. The fourth-order valence-electron chi connectivity index (χ4n) is 3.27. The normalized spacial score (nSPS) is 27.6. The Morgan fingerprint density at radius 3 is 3.11 bits per heavy atom. The van der Waals surface area contributed by atoms with Crippen molar-refractivity contribution in [1.82, 2.24) is 10.3 Å². The number of fused-ring (bicyclic) bond motifs is 1. The van der Waals surface area contributed by atoms with Crippen LogP contribution in [0.1, 0.15) is 30.4 Å². The number of nitrogens with zero attached hydrogens (tertiary/aromatic N) is 1. The Balaban J connectivity index is 1.94. The minimum absolute atomic E-state index is 0.619. The number of aromatic nitrogens is 1. The lowest BCUT2D eigenvalue weighted by Crippen LogP contribution is -2.38. The van der Waals surface area contributed by atoms with Gasteiger partial charge >= 0.3 is 0 Å². The molecule has 1 aromatic heterocycles. The molecular weight excluding hydrogens is 244 g/mol. The maximum atomic E-state index is 6.01. The van der Waals surface area contributed by atoms with Crippen molar-refractivity contribution < 1.29 is 0 Å². The summed E-state index contributed by atoms with van der Waals surface area (Å²) in [6.45, 7) is 4.31. The van der Waals surface area contributed by atoms with Gasteiger partial charge in [-0.3, -0.25) is 0 Å². The second kappa shape index (κ2) is 5.02. The van der Waals surface area contributed by atoms with Crippen LogP contribution in [0.2, 0.25) is 5.15 Å². The molecule has 0 bridgehead atoms. The highest BCUT2D eigenvalue weighted by atomic mass is 35.5. The summed E-state index contributed by atoms with van der Waals surface area (Å²) < 4.78 is 0. The van der Waals surface area contributed by atoms with E-state index in [4.69, 9.17) is 11.6 Å². The van der Waals surface area contributed by atoms with E-state index in [1.165, 1.54) is 36.9 Å². The van der Waals surface area contributed by atoms with Gasteiger partial charge in [0.25, 0.3) is 0 Å². The van der Waals surface area contributed by atoms with Crippen LogP contribution in [0.4, 0.5) is 0 Å². The smallest absolute Gasteiger partial charge is 0.131 e. The number of aryl methyl sites for hydroxylation is 1. The summed E-state index contributed by atoms with van der Waals surface area (Å²) in [4.78, 5) is 4.30. The van der Waals surface area contributed by atoms with Crippen molar-refractivity contribution in [2.75, 3.05) is 13.1 Å². The summed E-state index contributed by atoms with van der Waals surface area (Å²) in [7, 11) is 0. The molecule has 0 radical (unpaired) electrons. The van der Waals surface area contributed by atoms with Crippen molar-refractivity contribution in [2.24, 2.45) is 11.8 Å². The number of halogens is 1. The zero-order valence-electron chi connectivity index (χ0n) is 10.7. The average Bonchev–Trinajstić information content (AvgIpc) is 2.41. The predicted octanol–water partition coefficient (Wildman–Crippen LogP) is 3.45. The molecule has 3 heteroatoms. The van der Waals surface area contributed by atoms with E-state index >= 15 is 0 Å². The van der Waals surface area contributed by atoms with Gasteiger partial charge in [0, 0.05) is 12.7 Å². The molecule has 3 rings (SSSR count). The number of hydrogen-bond donors (Lipinski definition) is 1. The number of pyridine rings is 1. The fourth-order valence-corrected chi connectivity index (χ4v) is 3.38. The minimum Gasteiger partial charge on any atom is -0.316 e. The van der Waals surface area contributed by atoms with Gasteiger partial charge in [-0.15, -0.1) is 0 Å². The minimum atomic E-state index is 0.619. The van der Waals surface area contributed by atoms with Crippen molar-refractivity contribution >= 4 is 17.2 Å². The van der Waals surface area contributed by atoms with E-state index in [-0.39, 0.29) is 0 Å². The van der Waals surface area contributed by atoms with Crippen LogP contribution in [0.3, 0.4) is 0 Å². The second-order valence-electron chi connectivity index (χ2n) is 5.43.